The molecule has 2 amide bonds. The summed E-state index contributed by atoms with van der Waals surface area (Å²) in [6, 6.07) is 10.3. The van der Waals surface area contributed by atoms with Crippen molar-refractivity contribution in [2.75, 3.05) is 20.6 Å². The highest BCUT2D eigenvalue weighted by Crippen LogP contribution is 2.34. The number of carbonyl (C=O) groups is 2. The molecule has 0 unspecified atom stereocenters. The van der Waals surface area contributed by atoms with Crippen LogP contribution in [0.5, 0.6) is 5.75 Å². The molecule has 3 aromatic rings. The maximum absolute atomic E-state index is 12.6. The maximum atomic E-state index is 12.6. The fraction of sp³-hybridized carbons (Fsp3) is 0.273. The van der Waals surface area contributed by atoms with Crippen molar-refractivity contribution < 1.29 is 14.7 Å². The van der Waals surface area contributed by atoms with Crippen LogP contribution < -0.4 is 0 Å². The Bertz CT molecular complexity index is 1140. The third-order valence-electron chi connectivity index (χ3n) is 5.50. The second kappa shape index (κ2) is 7.62. The van der Waals surface area contributed by atoms with Gasteiger partial charge in [-0.1, -0.05) is 18.7 Å². The molecule has 4 rings (SSSR count). The highest BCUT2D eigenvalue weighted by atomic mass is 16.3. The average molecular weight is 405 g/mol. The van der Waals surface area contributed by atoms with Gasteiger partial charge in [0.1, 0.15) is 11.8 Å². The molecule has 2 atom stereocenters. The van der Waals surface area contributed by atoms with E-state index in [1.54, 1.807) is 37.2 Å². The van der Waals surface area contributed by atoms with Crippen LogP contribution in [-0.4, -0.2) is 68.6 Å². The summed E-state index contributed by atoms with van der Waals surface area (Å²) in [5.74, 6) is -0.257. The van der Waals surface area contributed by atoms with E-state index in [1.807, 2.05) is 18.2 Å². The number of rotatable bonds is 4. The lowest BCUT2D eigenvalue weighted by molar-refractivity contribution is -0.139. The summed E-state index contributed by atoms with van der Waals surface area (Å²) >= 11 is 0. The lowest BCUT2D eigenvalue weighted by Gasteiger charge is -2.24. The Morgan fingerprint density at radius 2 is 2.03 bits per heavy atom. The monoisotopic (exact) mass is 405 g/mol. The molecular formula is C22H23N5O3. The quantitative estimate of drug-likeness (QED) is 0.649. The second-order valence-corrected chi connectivity index (χ2v) is 7.65. The summed E-state index contributed by atoms with van der Waals surface area (Å²) < 4.78 is 0. The van der Waals surface area contributed by atoms with Gasteiger partial charge in [-0.15, -0.1) is 10.2 Å². The number of H-pyrrole nitrogens is 1. The van der Waals surface area contributed by atoms with E-state index in [2.05, 4.69) is 21.8 Å². The van der Waals surface area contributed by atoms with Gasteiger partial charge in [-0.3, -0.25) is 9.59 Å². The van der Waals surface area contributed by atoms with Gasteiger partial charge in [-0.05, 0) is 36.8 Å². The Labute approximate surface area is 173 Å². The number of benzene rings is 1. The molecular weight excluding hydrogens is 382 g/mol. The van der Waals surface area contributed by atoms with Gasteiger partial charge in [-0.2, -0.15) is 0 Å². The first kappa shape index (κ1) is 19.6. The molecule has 1 aliphatic heterocycles. The summed E-state index contributed by atoms with van der Waals surface area (Å²) in [6.07, 6.45) is 1.76. The average Bonchev–Trinajstić information content (AvgIpc) is 3.36. The number of phenols is 1. The first-order chi connectivity index (χ1) is 14.4. The van der Waals surface area contributed by atoms with Crippen LogP contribution in [0.4, 0.5) is 0 Å². The van der Waals surface area contributed by atoms with Gasteiger partial charge in [0.2, 0.25) is 11.8 Å². The number of aromatic nitrogens is 3. The highest BCUT2D eigenvalue weighted by molar-refractivity contribution is 5.93. The van der Waals surface area contributed by atoms with E-state index in [-0.39, 0.29) is 23.5 Å². The smallest absolute Gasteiger partial charge is 0.246 e. The molecule has 1 fully saturated rings. The number of nitrogens with one attached hydrogen (secondary N) is 1. The molecule has 154 valence electrons. The van der Waals surface area contributed by atoms with Crippen LogP contribution in [0.25, 0.3) is 22.3 Å². The lowest BCUT2D eigenvalue weighted by atomic mass is 10.0. The van der Waals surface area contributed by atoms with Crippen molar-refractivity contribution in [3.63, 3.8) is 0 Å². The Hall–Kier alpha value is -3.68. The molecule has 1 aliphatic rings. The number of hydrogen-bond donors (Lipinski definition) is 2. The van der Waals surface area contributed by atoms with Gasteiger partial charge < -0.3 is 19.9 Å². The van der Waals surface area contributed by atoms with Crippen LogP contribution in [0.2, 0.25) is 0 Å². The summed E-state index contributed by atoms with van der Waals surface area (Å²) in [6.45, 7) is 3.98. The van der Waals surface area contributed by atoms with E-state index in [9.17, 15) is 14.7 Å². The molecule has 0 radical (unpaired) electrons. The molecule has 1 saturated heterocycles. The van der Waals surface area contributed by atoms with Crippen molar-refractivity contribution in [2.45, 2.75) is 18.4 Å². The molecule has 0 bridgehead atoms. The number of nitrogens with zero attached hydrogens (tertiary/aromatic N) is 4. The Morgan fingerprint density at radius 3 is 2.73 bits per heavy atom. The van der Waals surface area contributed by atoms with Crippen molar-refractivity contribution in [2.24, 2.45) is 0 Å². The molecule has 0 aliphatic carbocycles. The van der Waals surface area contributed by atoms with E-state index >= 15 is 0 Å². The number of likely N-dealkylation sites (tertiary alicyclic amines) is 1. The Morgan fingerprint density at radius 1 is 1.27 bits per heavy atom. The molecule has 0 spiro atoms. The summed E-state index contributed by atoms with van der Waals surface area (Å²) in [4.78, 5) is 31.3. The summed E-state index contributed by atoms with van der Waals surface area (Å²) in [5, 5.41) is 19.4. The number of aromatic hydroxyl groups is 1. The largest absolute Gasteiger partial charge is 0.507 e. The zero-order chi connectivity index (χ0) is 21.4. The molecule has 0 saturated carbocycles. The van der Waals surface area contributed by atoms with E-state index < -0.39 is 6.04 Å². The van der Waals surface area contributed by atoms with Gasteiger partial charge in [0, 0.05) is 43.2 Å². The van der Waals surface area contributed by atoms with E-state index in [0.717, 1.165) is 11.1 Å². The van der Waals surface area contributed by atoms with Crippen molar-refractivity contribution in [3.05, 3.63) is 54.7 Å². The van der Waals surface area contributed by atoms with E-state index in [0.29, 0.717) is 29.9 Å². The fourth-order valence-corrected chi connectivity index (χ4v) is 3.95. The molecule has 30 heavy (non-hydrogen) atoms. The van der Waals surface area contributed by atoms with Gasteiger partial charge in [-0.25, -0.2) is 0 Å². The third-order valence-corrected chi connectivity index (χ3v) is 5.50. The first-order valence-electron chi connectivity index (χ1n) is 9.68. The number of fused-ring (bicyclic) bond motifs is 1. The van der Waals surface area contributed by atoms with Crippen molar-refractivity contribution in [3.8, 4) is 17.0 Å². The number of aromatic amines is 1. The molecule has 2 aromatic heterocycles. The van der Waals surface area contributed by atoms with Crippen LogP contribution in [0, 0.1) is 0 Å². The Kier molecular flexibility index (Phi) is 4.99. The summed E-state index contributed by atoms with van der Waals surface area (Å²) in [7, 11) is 3.37. The first-order valence-corrected chi connectivity index (χ1v) is 9.68. The van der Waals surface area contributed by atoms with Crippen LogP contribution >= 0.6 is 0 Å². The zero-order valence-corrected chi connectivity index (χ0v) is 16.9. The number of hydrogen-bond acceptors (Lipinski definition) is 5. The van der Waals surface area contributed by atoms with E-state index in [4.69, 9.17) is 0 Å². The SMILES string of the molecule is C=CC(=O)N1C[C@@H](c2cc3cc(-c4ccccc4O)nnc3[nH]2)C[C@H]1C(=O)N(C)C. The van der Waals surface area contributed by atoms with E-state index in [1.165, 1.54) is 11.0 Å². The number of amides is 2. The lowest BCUT2D eigenvalue weighted by Crippen LogP contribution is -2.44. The minimum atomic E-state index is -0.523. The zero-order valence-electron chi connectivity index (χ0n) is 16.9. The van der Waals surface area contributed by atoms with Gasteiger partial charge in [0.05, 0.1) is 5.69 Å². The van der Waals surface area contributed by atoms with Gasteiger partial charge >= 0.3 is 0 Å². The molecule has 1 aromatic carbocycles. The minimum absolute atomic E-state index is 0.0365. The third kappa shape index (κ3) is 3.41. The number of phenolic OH excluding ortho intramolecular Hbond substituents is 1. The molecule has 2 N–H and O–H groups in total. The highest BCUT2D eigenvalue weighted by Gasteiger charge is 2.40. The minimum Gasteiger partial charge on any atom is -0.507 e. The van der Waals surface area contributed by atoms with Crippen LogP contribution in [0.15, 0.2) is 49.1 Å². The number of carbonyl (C=O) groups excluding carboxylic acids is 2. The molecule has 8 heteroatoms. The van der Waals surface area contributed by atoms with Crippen LogP contribution in [0.1, 0.15) is 18.0 Å². The Balaban J connectivity index is 1.66. The molecule has 8 nitrogen and oxygen atoms in total. The second-order valence-electron chi connectivity index (χ2n) is 7.65. The van der Waals surface area contributed by atoms with Gasteiger partial charge in [0.15, 0.2) is 5.65 Å². The molecule has 3 heterocycles. The van der Waals surface area contributed by atoms with Crippen molar-refractivity contribution in [1.82, 2.24) is 25.0 Å². The van der Waals surface area contributed by atoms with Gasteiger partial charge in [0.25, 0.3) is 0 Å². The predicted molar refractivity (Wildman–Crippen MR) is 113 cm³/mol. The fourth-order valence-electron chi connectivity index (χ4n) is 3.95. The predicted octanol–water partition coefficient (Wildman–Crippen LogP) is 2.29. The van der Waals surface area contributed by atoms with Crippen LogP contribution in [-0.2, 0) is 9.59 Å². The normalized spacial score (nSPS) is 18.5. The van der Waals surface area contributed by atoms with Crippen molar-refractivity contribution >= 4 is 22.8 Å². The van der Waals surface area contributed by atoms with Crippen LogP contribution in [0.3, 0.4) is 0 Å². The number of para-hydroxylation sites is 1. The topological polar surface area (TPSA) is 102 Å². The maximum Gasteiger partial charge on any atom is 0.246 e. The summed E-state index contributed by atoms with van der Waals surface area (Å²) in [5.41, 5.74) is 2.69. The number of likely N-dealkylation sites (N-methyl/N-ethyl adjacent to an activating group) is 1. The standard InChI is InChI=1S/C22H23N5O3/c1-4-20(29)27-12-14(11-18(27)22(30)26(2)3)16-9-13-10-17(24-25-21(13)23-16)15-7-5-6-8-19(15)28/h4-10,14,18,28H,1,11-12H2,2-3H3,(H,23,25)/t14-,18-/m0/s1. The van der Waals surface area contributed by atoms with Crippen molar-refractivity contribution in [1.29, 1.82) is 0 Å².